The molecule has 1 aliphatic heterocycles. The zero-order valence-electron chi connectivity index (χ0n) is 9.75. The van der Waals surface area contributed by atoms with E-state index in [4.69, 9.17) is 4.74 Å². The molecule has 1 aromatic rings. The van der Waals surface area contributed by atoms with E-state index < -0.39 is 29.7 Å². The highest BCUT2D eigenvalue weighted by molar-refractivity contribution is 9.10. The summed E-state index contributed by atoms with van der Waals surface area (Å²) in [6, 6.07) is 0. The molecule has 1 unspecified atom stereocenters. The van der Waals surface area contributed by atoms with Crippen molar-refractivity contribution in [1.29, 1.82) is 0 Å². The van der Waals surface area contributed by atoms with Crippen LogP contribution in [0.5, 0.6) is 0 Å². The van der Waals surface area contributed by atoms with Gasteiger partial charge in [0, 0.05) is 12.6 Å². The van der Waals surface area contributed by atoms with Gasteiger partial charge in [0.15, 0.2) is 0 Å². The lowest BCUT2D eigenvalue weighted by Crippen LogP contribution is -2.33. The van der Waals surface area contributed by atoms with Crippen molar-refractivity contribution in [3.8, 4) is 0 Å². The van der Waals surface area contributed by atoms with Gasteiger partial charge in [-0.05, 0) is 15.9 Å². The minimum atomic E-state index is -0.718. The SMILES string of the molecule is C=CC(Br)[C@H]1O[C@@H](n2cc(Br)c(=O)[nH]c2=O)C[C@@H]1O. The van der Waals surface area contributed by atoms with E-state index in [0.29, 0.717) is 0 Å². The minimum absolute atomic E-state index is 0.214. The molecule has 8 heteroatoms. The van der Waals surface area contributed by atoms with Gasteiger partial charge in [-0.2, -0.15) is 0 Å². The number of aliphatic hydroxyl groups excluding tert-OH is 1. The van der Waals surface area contributed by atoms with Crippen molar-refractivity contribution < 1.29 is 9.84 Å². The summed E-state index contributed by atoms with van der Waals surface area (Å²) in [7, 11) is 0. The van der Waals surface area contributed by atoms with Crippen LogP contribution in [-0.2, 0) is 4.74 Å². The second-order valence-corrected chi connectivity index (χ2v) is 6.09. The summed E-state index contributed by atoms with van der Waals surface area (Å²) in [6.45, 7) is 3.62. The number of nitrogens with one attached hydrogen (secondary N) is 1. The fourth-order valence-corrected chi connectivity index (χ4v) is 2.74. The van der Waals surface area contributed by atoms with Crippen molar-refractivity contribution in [3.63, 3.8) is 0 Å². The monoisotopic (exact) mass is 394 g/mol. The van der Waals surface area contributed by atoms with E-state index in [2.05, 4.69) is 43.4 Å². The van der Waals surface area contributed by atoms with Crippen molar-refractivity contribution >= 4 is 31.9 Å². The summed E-state index contributed by atoms with van der Waals surface area (Å²) in [4.78, 5) is 24.9. The Labute approximate surface area is 125 Å². The summed E-state index contributed by atoms with van der Waals surface area (Å²) in [6.07, 6.45) is 1.41. The number of aliphatic hydroxyl groups is 1. The first-order valence-electron chi connectivity index (χ1n) is 5.55. The summed E-state index contributed by atoms with van der Waals surface area (Å²) in [5, 5.41) is 9.94. The Hall–Kier alpha value is -0.700. The first-order valence-corrected chi connectivity index (χ1v) is 7.26. The Morgan fingerprint density at radius 1 is 1.63 bits per heavy atom. The lowest BCUT2D eigenvalue weighted by molar-refractivity contribution is -0.0149. The lowest BCUT2D eigenvalue weighted by Gasteiger charge is -2.18. The second-order valence-electron chi connectivity index (χ2n) is 4.18. The number of rotatable bonds is 3. The molecule has 1 fully saturated rings. The van der Waals surface area contributed by atoms with E-state index in [1.807, 2.05) is 0 Å². The minimum Gasteiger partial charge on any atom is -0.390 e. The molecule has 0 amide bonds. The molecule has 0 aromatic carbocycles. The average molecular weight is 396 g/mol. The molecule has 2 rings (SSSR count). The number of aromatic nitrogens is 2. The van der Waals surface area contributed by atoms with Crippen LogP contribution >= 0.6 is 31.9 Å². The summed E-state index contributed by atoms with van der Waals surface area (Å²) >= 11 is 6.38. The van der Waals surface area contributed by atoms with Gasteiger partial charge in [-0.1, -0.05) is 22.0 Å². The molecule has 6 nitrogen and oxygen atoms in total. The first-order chi connectivity index (χ1) is 8.93. The van der Waals surface area contributed by atoms with Gasteiger partial charge in [-0.15, -0.1) is 6.58 Å². The highest BCUT2D eigenvalue weighted by atomic mass is 79.9. The van der Waals surface area contributed by atoms with Crippen LogP contribution in [-0.4, -0.2) is 31.7 Å². The van der Waals surface area contributed by atoms with Crippen molar-refractivity contribution in [2.45, 2.75) is 29.7 Å². The van der Waals surface area contributed by atoms with E-state index in [1.54, 1.807) is 6.08 Å². The van der Waals surface area contributed by atoms with Gasteiger partial charge in [-0.3, -0.25) is 14.3 Å². The standard InChI is InChI=1S/C11H12Br2N2O4/c1-2-5(12)9-7(16)3-8(19-9)15-4-6(13)10(17)14-11(15)18/h2,4-5,7-9,16H,1,3H2,(H,14,17,18)/t5?,7-,8+,9+/m0/s1. The maximum absolute atomic E-state index is 11.7. The smallest absolute Gasteiger partial charge is 0.330 e. The van der Waals surface area contributed by atoms with E-state index in [-0.39, 0.29) is 15.7 Å². The van der Waals surface area contributed by atoms with Crippen LogP contribution < -0.4 is 11.2 Å². The number of aromatic amines is 1. The molecule has 4 atom stereocenters. The van der Waals surface area contributed by atoms with Crippen molar-refractivity contribution in [2.24, 2.45) is 0 Å². The number of H-pyrrole nitrogens is 1. The van der Waals surface area contributed by atoms with Crippen LogP contribution in [0.25, 0.3) is 0 Å². The van der Waals surface area contributed by atoms with Gasteiger partial charge in [0.25, 0.3) is 5.56 Å². The summed E-state index contributed by atoms with van der Waals surface area (Å²) in [5.74, 6) is 0. The molecule has 104 valence electrons. The topological polar surface area (TPSA) is 84.3 Å². The molecule has 0 aliphatic carbocycles. The maximum atomic E-state index is 11.7. The van der Waals surface area contributed by atoms with Gasteiger partial charge < -0.3 is 9.84 Å². The predicted octanol–water partition coefficient (Wildman–Crippen LogP) is 0.897. The van der Waals surface area contributed by atoms with Crippen LogP contribution in [0.3, 0.4) is 0 Å². The Kier molecular flexibility index (Phi) is 4.44. The van der Waals surface area contributed by atoms with Gasteiger partial charge in [0.2, 0.25) is 0 Å². The highest BCUT2D eigenvalue weighted by Gasteiger charge is 2.38. The fraction of sp³-hybridized carbons (Fsp3) is 0.455. The van der Waals surface area contributed by atoms with E-state index in [0.717, 1.165) is 0 Å². The third-order valence-electron chi connectivity index (χ3n) is 2.91. The normalized spacial score (nSPS) is 28.3. The van der Waals surface area contributed by atoms with Crippen molar-refractivity contribution in [1.82, 2.24) is 9.55 Å². The maximum Gasteiger partial charge on any atom is 0.330 e. The zero-order valence-corrected chi connectivity index (χ0v) is 12.9. The molecular weight excluding hydrogens is 384 g/mol. The Morgan fingerprint density at radius 3 is 2.95 bits per heavy atom. The Bertz CT molecular complexity index is 597. The third-order valence-corrected chi connectivity index (χ3v) is 4.37. The van der Waals surface area contributed by atoms with Crippen LogP contribution in [0.2, 0.25) is 0 Å². The Morgan fingerprint density at radius 2 is 2.32 bits per heavy atom. The first kappa shape index (κ1) is 14.7. The molecule has 1 aromatic heterocycles. The largest absolute Gasteiger partial charge is 0.390 e. The molecule has 2 N–H and O–H groups in total. The van der Waals surface area contributed by atoms with Crippen LogP contribution in [0.4, 0.5) is 0 Å². The molecule has 0 spiro atoms. The van der Waals surface area contributed by atoms with Gasteiger partial charge >= 0.3 is 5.69 Å². The number of alkyl halides is 1. The predicted molar refractivity (Wildman–Crippen MR) is 76.5 cm³/mol. The van der Waals surface area contributed by atoms with Gasteiger partial charge in [0.05, 0.1) is 15.4 Å². The van der Waals surface area contributed by atoms with Gasteiger partial charge in [0.1, 0.15) is 12.3 Å². The van der Waals surface area contributed by atoms with Crippen LogP contribution in [0.1, 0.15) is 12.6 Å². The molecule has 0 bridgehead atoms. The third kappa shape index (κ3) is 2.91. The van der Waals surface area contributed by atoms with Crippen LogP contribution in [0, 0.1) is 0 Å². The van der Waals surface area contributed by atoms with E-state index >= 15 is 0 Å². The molecule has 0 saturated carbocycles. The number of hydrogen-bond donors (Lipinski definition) is 2. The quantitative estimate of drug-likeness (QED) is 0.588. The molecule has 1 aliphatic rings. The second kappa shape index (κ2) is 5.74. The van der Waals surface area contributed by atoms with E-state index in [9.17, 15) is 14.7 Å². The summed E-state index contributed by atoms with van der Waals surface area (Å²) in [5.41, 5.74) is -1.07. The number of hydrogen-bond acceptors (Lipinski definition) is 4. The number of halogens is 2. The van der Waals surface area contributed by atoms with Crippen LogP contribution in [0.15, 0.2) is 32.9 Å². The highest BCUT2D eigenvalue weighted by Crippen LogP contribution is 2.32. The molecule has 19 heavy (non-hydrogen) atoms. The van der Waals surface area contributed by atoms with Gasteiger partial charge in [-0.25, -0.2) is 4.79 Å². The van der Waals surface area contributed by atoms with Crippen molar-refractivity contribution in [2.75, 3.05) is 0 Å². The molecule has 1 saturated heterocycles. The molecule has 2 heterocycles. The average Bonchev–Trinajstić information content (AvgIpc) is 2.75. The Balaban J connectivity index is 2.30. The summed E-state index contributed by atoms with van der Waals surface area (Å²) < 4.78 is 7.12. The molecular formula is C11H12Br2N2O4. The van der Waals surface area contributed by atoms with Crippen molar-refractivity contribution in [3.05, 3.63) is 44.2 Å². The number of nitrogens with zero attached hydrogens (tertiary/aromatic N) is 1. The molecule has 0 radical (unpaired) electrons. The zero-order chi connectivity index (χ0) is 14.2. The number of ether oxygens (including phenoxy) is 1. The van der Waals surface area contributed by atoms with E-state index in [1.165, 1.54) is 10.8 Å². The fourth-order valence-electron chi connectivity index (χ4n) is 1.94. The lowest BCUT2D eigenvalue weighted by atomic mass is 10.1.